The van der Waals surface area contributed by atoms with Crippen LogP contribution in [0.25, 0.3) is 5.88 Å². The van der Waals surface area contributed by atoms with Crippen molar-refractivity contribution in [3.63, 3.8) is 0 Å². The molecule has 1 N–H and O–H groups in total. The van der Waals surface area contributed by atoms with Crippen molar-refractivity contribution in [1.29, 1.82) is 0 Å². The maximum Gasteiger partial charge on any atom is 0.222 e. The van der Waals surface area contributed by atoms with Crippen molar-refractivity contribution in [2.24, 2.45) is 0 Å². The lowest BCUT2D eigenvalue weighted by molar-refractivity contribution is 0.103. The molecule has 0 amide bonds. The number of hydrogen-bond acceptors (Lipinski definition) is 5. The zero-order valence-electron chi connectivity index (χ0n) is 12.9. The Morgan fingerprint density at radius 2 is 2.09 bits per heavy atom. The van der Waals surface area contributed by atoms with Gasteiger partial charge in [0.25, 0.3) is 0 Å². The van der Waals surface area contributed by atoms with Crippen molar-refractivity contribution in [1.82, 2.24) is 19.6 Å². The van der Waals surface area contributed by atoms with E-state index in [1.54, 1.807) is 6.26 Å². The molecule has 0 aromatic carbocycles. The maximum atomic E-state index is 10.5. The number of hydrogen-bond donors (Lipinski definition) is 1. The molecule has 0 saturated carbocycles. The van der Waals surface area contributed by atoms with Crippen molar-refractivity contribution >= 4 is 0 Å². The van der Waals surface area contributed by atoms with Crippen LogP contribution in [0.3, 0.4) is 0 Å². The van der Waals surface area contributed by atoms with E-state index in [4.69, 9.17) is 4.42 Å². The molecule has 6 nitrogen and oxygen atoms in total. The molecule has 22 heavy (non-hydrogen) atoms. The van der Waals surface area contributed by atoms with Gasteiger partial charge in [0.15, 0.2) is 0 Å². The van der Waals surface area contributed by atoms with Gasteiger partial charge in [0.2, 0.25) is 11.8 Å². The Kier molecular flexibility index (Phi) is 3.43. The van der Waals surface area contributed by atoms with Crippen LogP contribution in [-0.2, 0) is 12.8 Å². The van der Waals surface area contributed by atoms with Gasteiger partial charge in [0.1, 0.15) is 0 Å². The van der Waals surface area contributed by atoms with E-state index in [2.05, 4.69) is 21.9 Å². The van der Waals surface area contributed by atoms with E-state index in [-0.39, 0.29) is 5.88 Å². The van der Waals surface area contributed by atoms with Gasteiger partial charge in [-0.25, -0.2) is 0 Å². The molecule has 2 aliphatic rings. The number of nitrogens with zero attached hydrogens (tertiary/aromatic N) is 4. The second-order valence-electron chi connectivity index (χ2n) is 6.35. The highest BCUT2D eigenvalue weighted by molar-refractivity contribution is 5.38. The van der Waals surface area contributed by atoms with E-state index in [0.717, 1.165) is 56.7 Å². The molecule has 0 radical (unpaired) electrons. The lowest BCUT2D eigenvalue weighted by Gasteiger charge is -2.39. The summed E-state index contributed by atoms with van der Waals surface area (Å²) >= 11 is 0. The number of aromatic hydroxyl groups is 1. The molecule has 3 heterocycles. The Bertz CT molecular complexity index is 641. The molecule has 1 saturated heterocycles. The molecule has 1 aliphatic heterocycles. The third-order valence-corrected chi connectivity index (χ3v) is 4.96. The monoisotopic (exact) mass is 302 g/mol. The van der Waals surface area contributed by atoms with Gasteiger partial charge in [-0.2, -0.15) is 9.78 Å². The summed E-state index contributed by atoms with van der Waals surface area (Å²) < 4.78 is 6.88. The van der Waals surface area contributed by atoms with E-state index in [9.17, 15) is 5.11 Å². The lowest BCUT2D eigenvalue weighted by atomic mass is 9.91. The number of likely N-dealkylation sites (N-methyl/N-ethyl adjacent to an activating group) is 1. The van der Waals surface area contributed by atoms with Crippen molar-refractivity contribution < 1.29 is 9.52 Å². The fourth-order valence-electron chi connectivity index (χ4n) is 3.58. The molecule has 2 aromatic rings. The summed E-state index contributed by atoms with van der Waals surface area (Å²) in [4.78, 5) is 4.93. The first kappa shape index (κ1) is 13.8. The molecule has 0 bridgehead atoms. The van der Waals surface area contributed by atoms with Gasteiger partial charge in [0.05, 0.1) is 12.0 Å². The van der Waals surface area contributed by atoms with Crippen LogP contribution in [0.2, 0.25) is 0 Å². The number of fused-ring (bicyclic) bond motifs is 1. The summed E-state index contributed by atoms with van der Waals surface area (Å²) in [7, 11) is 2.18. The highest BCUT2D eigenvalue weighted by atomic mass is 16.4. The van der Waals surface area contributed by atoms with Crippen LogP contribution in [0, 0.1) is 0 Å². The van der Waals surface area contributed by atoms with Crippen LogP contribution in [-0.4, -0.2) is 64.0 Å². The van der Waals surface area contributed by atoms with E-state index in [1.165, 1.54) is 4.68 Å². The van der Waals surface area contributed by atoms with Crippen molar-refractivity contribution in [3.8, 4) is 11.8 Å². The first-order chi connectivity index (χ1) is 10.7. The molecule has 1 fully saturated rings. The minimum Gasteiger partial charge on any atom is -0.493 e. The van der Waals surface area contributed by atoms with Gasteiger partial charge in [-0.05, 0) is 32.4 Å². The van der Waals surface area contributed by atoms with Crippen molar-refractivity contribution in [2.45, 2.75) is 25.3 Å². The molecular formula is C16H22N4O2. The Hall–Kier alpha value is -1.79. The fourth-order valence-corrected chi connectivity index (χ4v) is 3.58. The third-order valence-electron chi connectivity index (χ3n) is 4.96. The van der Waals surface area contributed by atoms with Gasteiger partial charge in [-0.15, -0.1) is 0 Å². The van der Waals surface area contributed by atoms with E-state index >= 15 is 0 Å². The second kappa shape index (κ2) is 5.44. The molecule has 118 valence electrons. The summed E-state index contributed by atoms with van der Waals surface area (Å²) in [5, 5.41) is 15.0. The quantitative estimate of drug-likeness (QED) is 0.905. The normalized spacial score (nSPS) is 23.6. The zero-order chi connectivity index (χ0) is 15.1. The molecule has 0 spiro atoms. The number of piperazine rings is 1. The summed E-state index contributed by atoms with van der Waals surface area (Å²) in [6.45, 7) is 4.48. The largest absolute Gasteiger partial charge is 0.493 e. The molecule has 6 heteroatoms. The van der Waals surface area contributed by atoms with Gasteiger partial charge >= 0.3 is 0 Å². The molecule has 4 rings (SSSR count). The van der Waals surface area contributed by atoms with Crippen LogP contribution < -0.4 is 0 Å². The van der Waals surface area contributed by atoms with Gasteiger partial charge in [0, 0.05) is 43.9 Å². The molecule has 1 aliphatic carbocycles. The number of aromatic nitrogens is 2. The summed E-state index contributed by atoms with van der Waals surface area (Å²) in [5.74, 6) is 0.812. The van der Waals surface area contributed by atoms with E-state index in [1.807, 2.05) is 12.1 Å². The third kappa shape index (κ3) is 2.32. The Morgan fingerprint density at radius 3 is 2.82 bits per heavy atom. The van der Waals surface area contributed by atoms with Crippen molar-refractivity contribution in [3.05, 3.63) is 29.7 Å². The Labute approximate surface area is 129 Å². The maximum absolute atomic E-state index is 10.5. The van der Waals surface area contributed by atoms with Crippen LogP contribution in [0.15, 0.2) is 22.8 Å². The summed E-state index contributed by atoms with van der Waals surface area (Å²) in [5.41, 5.74) is 2.01. The van der Waals surface area contributed by atoms with Crippen LogP contribution >= 0.6 is 0 Å². The number of rotatable bonds is 2. The standard InChI is InChI=1S/C16H22N4O2/c1-18-6-8-19(9-7-18)12-4-5-14-13(11-12)16(21)20(17-14)15-3-2-10-22-15/h2-3,10,12,21H,4-9,11H2,1H3. The lowest BCUT2D eigenvalue weighted by Crippen LogP contribution is -2.50. The summed E-state index contributed by atoms with van der Waals surface area (Å²) in [6.07, 6.45) is 4.52. The number of furan rings is 1. The summed E-state index contributed by atoms with van der Waals surface area (Å²) in [6, 6.07) is 4.14. The molecular weight excluding hydrogens is 280 g/mol. The molecule has 1 unspecified atom stereocenters. The van der Waals surface area contributed by atoms with E-state index < -0.39 is 0 Å². The average Bonchev–Trinajstić information content (AvgIpc) is 3.16. The predicted octanol–water partition coefficient (Wildman–Crippen LogP) is 1.28. The SMILES string of the molecule is CN1CCN(C2CCc3nn(-c4ccco4)c(O)c3C2)CC1. The smallest absolute Gasteiger partial charge is 0.222 e. The van der Waals surface area contributed by atoms with Crippen LogP contribution in [0.1, 0.15) is 17.7 Å². The van der Waals surface area contributed by atoms with Crippen LogP contribution in [0.4, 0.5) is 0 Å². The highest BCUT2D eigenvalue weighted by Gasteiger charge is 2.31. The first-order valence-corrected chi connectivity index (χ1v) is 7.98. The van der Waals surface area contributed by atoms with Gasteiger partial charge in [-0.1, -0.05) is 0 Å². The minimum absolute atomic E-state index is 0.240. The van der Waals surface area contributed by atoms with E-state index in [0.29, 0.717) is 11.9 Å². The van der Waals surface area contributed by atoms with Crippen LogP contribution in [0.5, 0.6) is 5.88 Å². The van der Waals surface area contributed by atoms with Gasteiger partial charge < -0.3 is 14.4 Å². The minimum atomic E-state index is 0.240. The van der Waals surface area contributed by atoms with Crippen molar-refractivity contribution in [2.75, 3.05) is 33.2 Å². The first-order valence-electron chi connectivity index (χ1n) is 7.98. The Balaban J connectivity index is 1.56. The van der Waals surface area contributed by atoms with Gasteiger partial charge in [-0.3, -0.25) is 4.90 Å². The Morgan fingerprint density at radius 1 is 1.27 bits per heavy atom. The molecule has 2 aromatic heterocycles. The average molecular weight is 302 g/mol. The highest BCUT2D eigenvalue weighted by Crippen LogP contribution is 2.32. The molecule has 1 atom stereocenters. The fraction of sp³-hybridized carbons (Fsp3) is 0.562. The predicted molar refractivity (Wildman–Crippen MR) is 82.4 cm³/mol. The number of aryl methyl sites for hydroxylation is 1. The topological polar surface area (TPSA) is 57.7 Å². The zero-order valence-corrected chi connectivity index (χ0v) is 12.9. The second-order valence-corrected chi connectivity index (χ2v) is 6.35.